The Morgan fingerprint density at radius 2 is 2.05 bits per heavy atom. The molecule has 2 radical (unpaired) electrons. The van der Waals surface area contributed by atoms with E-state index in [1.165, 1.54) is 26.4 Å². The summed E-state index contributed by atoms with van der Waals surface area (Å²) < 4.78 is 47.3. The molecule has 0 bridgehead atoms. The molecule has 1 N–H and O–H groups in total. The summed E-state index contributed by atoms with van der Waals surface area (Å²) >= 11 is 0. The molecule has 0 fully saturated rings. The van der Waals surface area contributed by atoms with Crippen LogP contribution in [-0.4, -0.2) is 26.7 Å². The molecule has 0 aliphatic heterocycles. The summed E-state index contributed by atoms with van der Waals surface area (Å²) in [4.78, 5) is 11.0. The Bertz CT molecular complexity index is 446. The summed E-state index contributed by atoms with van der Waals surface area (Å²) in [6, 6.07) is 3.52. The van der Waals surface area contributed by atoms with Crippen molar-refractivity contribution in [3.63, 3.8) is 0 Å². The van der Waals surface area contributed by atoms with Crippen molar-refractivity contribution in [1.82, 2.24) is 0 Å². The fourth-order valence-electron chi connectivity index (χ4n) is 1.39. The van der Waals surface area contributed by atoms with Crippen molar-refractivity contribution in [3.05, 3.63) is 35.9 Å². The van der Waals surface area contributed by atoms with Crippen LogP contribution in [0.15, 0.2) is 18.2 Å². The van der Waals surface area contributed by atoms with E-state index >= 15 is 0 Å². The standard InChI is InChI=1S/C12H12F3NO3/c1-18-7-8-9(12(13,14)15)4-3-5-10(8)16-6-11(17)19-2/h3-5,16H,6H2,1-2H3. The van der Waals surface area contributed by atoms with Gasteiger partial charge in [0, 0.05) is 18.4 Å². The van der Waals surface area contributed by atoms with Crippen molar-refractivity contribution in [2.45, 2.75) is 6.18 Å². The van der Waals surface area contributed by atoms with E-state index in [1.807, 2.05) is 0 Å². The third-order valence-electron chi connectivity index (χ3n) is 2.22. The number of nitrogens with one attached hydrogen (secondary N) is 1. The molecular formula is C12H12F3NO3. The van der Waals surface area contributed by atoms with E-state index < -0.39 is 17.7 Å². The predicted octanol–water partition coefficient (Wildman–Crippen LogP) is 2.32. The molecule has 0 saturated carbocycles. The fraction of sp³-hybridized carbons (Fsp3) is 0.333. The molecule has 1 rings (SSSR count). The number of ether oxygens (including phenoxy) is 2. The first kappa shape index (κ1) is 15.3. The molecule has 4 nitrogen and oxygen atoms in total. The van der Waals surface area contributed by atoms with Gasteiger partial charge < -0.3 is 14.8 Å². The Labute approximate surface area is 108 Å². The van der Waals surface area contributed by atoms with Crippen LogP contribution in [0.5, 0.6) is 0 Å². The van der Waals surface area contributed by atoms with E-state index in [4.69, 9.17) is 0 Å². The highest BCUT2D eigenvalue weighted by molar-refractivity contribution is 5.75. The van der Waals surface area contributed by atoms with Gasteiger partial charge >= 0.3 is 12.1 Å². The third-order valence-corrected chi connectivity index (χ3v) is 2.22. The number of benzene rings is 1. The largest absolute Gasteiger partial charge is 0.468 e. The number of hydrogen-bond acceptors (Lipinski definition) is 4. The summed E-state index contributed by atoms with van der Waals surface area (Å²) in [5.74, 6) is -0.597. The fourth-order valence-corrected chi connectivity index (χ4v) is 1.39. The first-order chi connectivity index (χ1) is 8.90. The minimum absolute atomic E-state index is 0.0853. The van der Waals surface area contributed by atoms with Gasteiger partial charge in [-0.2, -0.15) is 13.2 Å². The lowest BCUT2D eigenvalue weighted by atomic mass is 10.1. The number of carbonyl (C=O) groups is 1. The second-order valence-corrected chi connectivity index (χ2v) is 3.46. The molecule has 0 aliphatic carbocycles. The lowest BCUT2D eigenvalue weighted by Crippen LogP contribution is -2.17. The van der Waals surface area contributed by atoms with Gasteiger partial charge in [-0.05, 0) is 12.1 Å². The zero-order valence-corrected chi connectivity index (χ0v) is 10.3. The minimum Gasteiger partial charge on any atom is -0.468 e. The van der Waals surface area contributed by atoms with E-state index in [2.05, 4.69) is 21.4 Å². The van der Waals surface area contributed by atoms with Gasteiger partial charge in [-0.25, -0.2) is 0 Å². The number of hydrogen-bond donors (Lipinski definition) is 1. The average Bonchev–Trinajstić information content (AvgIpc) is 2.36. The van der Waals surface area contributed by atoms with Crippen molar-refractivity contribution in [2.24, 2.45) is 0 Å². The van der Waals surface area contributed by atoms with Crippen LogP contribution in [0.25, 0.3) is 0 Å². The van der Waals surface area contributed by atoms with Crippen LogP contribution < -0.4 is 5.32 Å². The van der Waals surface area contributed by atoms with Crippen LogP contribution in [0, 0.1) is 6.61 Å². The van der Waals surface area contributed by atoms with Crippen molar-refractivity contribution in [2.75, 3.05) is 26.1 Å². The van der Waals surface area contributed by atoms with Crippen LogP contribution in [0.2, 0.25) is 0 Å². The Kier molecular flexibility index (Phi) is 5.17. The molecule has 19 heavy (non-hydrogen) atoms. The topological polar surface area (TPSA) is 47.6 Å². The highest BCUT2D eigenvalue weighted by Gasteiger charge is 2.34. The van der Waals surface area contributed by atoms with Crippen LogP contribution in [0.3, 0.4) is 0 Å². The predicted molar refractivity (Wildman–Crippen MR) is 61.3 cm³/mol. The zero-order chi connectivity index (χ0) is 14.5. The average molecular weight is 275 g/mol. The quantitative estimate of drug-likeness (QED) is 0.838. The molecule has 1 aromatic rings. The normalized spacial score (nSPS) is 11.2. The van der Waals surface area contributed by atoms with E-state index in [1.54, 1.807) is 0 Å². The van der Waals surface area contributed by atoms with Gasteiger partial charge in [0.25, 0.3) is 0 Å². The monoisotopic (exact) mass is 275 g/mol. The van der Waals surface area contributed by atoms with Gasteiger partial charge in [-0.3, -0.25) is 4.79 Å². The maximum Gasteiger partial charge on any atom is 0.416 e. The van der Waals surface area contributed by atoms with E-state index in [0.717, 1.165) is 6.07 Å². The van der Waals surface area contributed by atoms with E-state index in [-0.39, 0.29) is 17.8 Å². The smallest absolute Gasteiger partial charge is 0.416 e. The molecule has 1 aromatic carbocycles. The molecular weight excluding hydrogens is 263 g/mol. The lowest BCUT2D eigenvalue weighted by molar-refractivity contribution is -0.138. The molecule has 104 valence electrons. The lowest BCUT2D eigenvalue weighted by Gasteiger charge is -2.16. The number of esters is 1. The number of anilines is 1. The zero-order valence-electron chi connectivity index (χ0n) is 10.3. The molecule has 0 spiro atoms. The second-order valence-electron chi connectivity index (χ2n) is 3.46. The molecule has 0 aliphatic rings. The van der Waals surface area contributed by atoms with Gasteiger partial charge in [-0.1, -0.05) is 6.07 Å². The first-order valence-electron chi connectivity index (χ1n) is 5.20. The summed E-state index contributed by atoms with van der Waals surface area (Å²) in [5, 5.41) is 2.54. The maximum atomic E-state index is 12.8. The van der Waals surface area contributed by atoms with Crippen LogP contribution in [0.1, 0.15) is 11.1 Å². The van der Waals surface area contributed by atoms with Crippen molar-refractivity contribution >= 4 is 11.7 Å². The van der Waals surface area contributed by atoms with Crippen LogP contribution in [0.4, 0.5) is 18.9 Å². The third kappa shape index (κ3) is 4.13. The SMILES string of the molecule is CO[C]c1c(NCC(=O)OC)cccc1C(F)(F)F. The Hall–Kier alpha value is -1.76. The van der Waals surface area contributed by atoms with Gasteiger partial charge in [-0.15, -0.1) is 0 Å². The molecule has 0 unspecified atom stereocenters. The molecule has 7 heteroatoms. The summed E-state index contributed by atoms with van der Waals surface area (Å²) in [7, 11) is 2.38. The Balaban J connectivity index is 3.06. The van der Waals surface area contributed by atoms with E-state index in [0.29, 0.717) is 0 Å². The number of rotatable bonds is 5. The molecule has 0 heterocycles. The first-order valence-corrected chi connectivity index (χ1v) is 5.20. The number of methoxy groups -OCH3 is 2. The van der Waals surface area contributed by atoms with Crippen molar-refractivity contribution in [1.29, 1.82) is 0 Å². The highest BCUT2D eigenvalue weighted by Crippen LogP contribution is 2.35. The minimum atomic E-state index is -4.54. The number of carbonyl (C=O) groups excluding carboxylic acids is 1. The van der Waals surface area contributed by atoms with Gasteiger partial charge in [0.2, 0.25) is 0 Å². The summed E-state index contributed by atoms with van der Waals surface area (Å²) in [6.07, 6.45) is -4.54. The summed E-state index contributed by atoms with van der Waals surface area (Å²) in [6.45, 7) is 1.90. The highest BCUT2D eigenvalue weighted by atomic mass is 19.4. The molecule has 0 aromatic heterocycles. The Morgan fingerprint density at radius 3 is 2.58 bits per heavy atom. The van der Waals surface area contributed by atoms with Gasteiger partial charge in [0.15, 0.2) is 6.61 Å². The molecule has 0 amide bonds. The van der Waals surface area contributed by atoms with Crippen LogP contribution in [-0.2, 0) is 20.4 Å². The van der Waals surface area contributed by atoms with Crippen LogP contribution >= 0.6 is 0 Å². The molecule has 0 atom stereocenters. The van der Waals surface area contributed by atoms with Gasteiger partial charge in [0.1, 0.15) is 6.54 Å². The van der Waals surface area contributed by atoms with Crippen molar-refractivity contribution < 1.29 is 27.4 Å². The number of halogens is 3. The van der Waals surface area contributed by atoms with E-state index in [9.17, 15) is 18.0 Å². The second kappa shape index (κ2) is 6.42. The van der Waals surface area contributed by atoms with Crippen molar-refractivity contribution in [3.8, 4) is 0 Å². The van der Waals surface area contributed by atoms with Gasteiger partial charge in [0.05, 0.1) is 12.7 Å². The number of alkyl halides is 3. The maximum absolute atomic E-state index is 12.8. The Morgan fingerprint density at radius 1 is 1.37 bits per heavy atom. The molecule has 0 saturated heterocycles. The summed E-state index contributed by atoms with van der Waals surface area (Å²) in [5.41, 5.74) is -1.10.